The molecule has 0 aromatic rings. The highest BCUT2D eigenvalue weighted by Crippen LogP contribution is 2.13. The molecule has 0 fully saturated rings. The fourth-order valence-corrected chi connectivity index (χ4v) is 1.17. The summed E-state index contributed by atoms with van der Waals surface area (Å²) < 4.78 is 0. The van der Waals surface area contributed by atoms with Crippen molar-refractivity contribution in [1.82, 2.24) is 5.73 Å². The van der Waals surface area contributed by atoms with E-state index in [2.05, 4.69) is 6.92 Å². The molecule has 0 aromatic heterocycles. The maximum Gasteiger partial charge on any atom is 0.0267 e. The quantitative estimate of drug-likeness (QED) is 0.526. The van der Waals surface area contributed by atoms with Crippen LogP contribution < -0.4 is 5.73 Å². The molecule has 1 heteroatoms. The van der Waals surface area contributed by atoms with Gasteiger partial charge in [-0.05, 0) is 20.3 Å². The van der Waals surface area contributed by atoms with E-state index in [1.54, 1.807) is 0 Å². The van der Waals surface area contributed by atoms with Gasteiger partial charge in [-0.3, -0.25) is 5.73 Å². The van der Waals surface area contributed by atoms with Crippen LogP contribution in [0.15, 0.2) is 0 Å². The fraction of sp³-hybridized carbons (Fsp3) is 1.00. The molecule has 0 heterocycles. The van der Waals surface area contributed by atoms with Crippen molar-refractivity contribution in [1.29, 1.82) is 0 Å². The summed E-state index contributed by atoms with van der Waals surface area (Å²) >= 11 is 0. The molecule has 1 radical (unpaired) electrons. The van der Waals surface area contributed by atoms with Gasteiger partial charge in [0.1, 0.15) is 0 Å². The second-order valence-electron chi connectivity index (χ2n) is 4.05. The third-order valence-electron chi connectivity index (χ3n) is 1.91. The van der Waals surface area contributed by atoms with E-state index in [0.717, 1.165) is 6.42 Å². The molecule has 0 saturated carbocycles. The molecule has 0 aromatic carbocycles. The van der Waals surface area contributed by atoms with Crippen LogP contribution in [-0.4, -0.2) is 5.54 Å². The van der Waals surface area contributed by atoms with Crippen LogP contribution in [0.5, 0.6) is 0 Å². The molecule has 1 N–H and O–H groups in total. The summed E-state index contributed by atoms with van der Waals surface area (Å²) in [4.78, 5) is 0. The third kappa shape index (κ3) is 9.96. The third-order valence-corrected chi connectivity index (χ3v) is 1.91. The summed E-state index contributed by atoms with van der Waals surface area (Å²) in [6.07, 6.45) is 7.62. The summed E-state index contributed by atoms with van der Waals surface area (Å²) in [6.45, 7) is 6.22. The lowest BCUT2D eigenvalue weighted by Gasteiger charge is -2.16. The van der Waals surface area contributed by atoms with Gasteiger partial charge in [-0.1, -0.05) is 39.0 Å². The molecule has 0 atom stereocenters. The smallest absolute Gasteiger partial charge is 0.0267 e. The molecule has 0 spiro atoms. The van der Waals surface area contributed by atoms with Gasteiger partial charge in [0.15, 0.2) is 0 Å². The van der Waals surface area contributed by atoms with Crippen molar-refractivity contribution in [3.8, 4) is 0 Å². The highest BCUT2D eigenvalue weighted by molar-refractivity contribution is 4.69. The average molecular weight is 156 g/mol. The van der Waals surface area contributed by atoms with E-state index >= 15 is 0 Å². The predicted octanol–water partition coefficient (Wildman–Crippen LogP) is 3.41. The Hall–Kier alpha value is -0.0400. The van der Waals surface area contributed by atoms with Gasteiger partial charge in [-0.15, -0.1) is 0 Å². The number of unbranched alkanes of at least 4 members (excludes halogenated alkanes) is 4. The van der Waals surface area contributed by atoms with Gasteiger partial charge in [0.05, 0.1) is 0 Å². The number of hydrogen-bond donors (Lipinski definition) is 0. The minimum absolute atomic E-state index is 0.202. The van der Waals surface area contributed by atoms with Gasteiger partial charge < -0.3 is 0 Å². The molecule has 0 rings (SSSR count). The Morgan fingerprint density at radius 1 is 1.00 bits per heavy atom. The second-order valence-corrected chi connectivity index (χ2v) is 4.05. The summed E-state index contributed by atoms with van der Waals surface area (Å²) in [5, 5.41) is 0. The van der Waals surface area contributed by atoms with E-state index in [-0.39, 0.29) is 5.54 Å². The summed E-state index contributed by atoms with van der Waals surface area (Å²) in [5.41, 5.74) is 7.41. The van der Waals surface area contributed by atoms with E-state index in [4.69, 9.17) is 5.73 Å². The SMILES string of the molecule is CCCCCCCC(C)(C)[NH]. The Balaban J connectivity index is 3.02. The van der Waals surface area contributed by atoms with Crippen LogP contribution in [0, 0.1) is 0 Å². The maximum absolute atomic E-state index is 7.61. The van der Waals surface area contributed by atoms with Gasteiger partial charge in [-0.2, -0.15) is 0 Å². The lowest BCUT2D eigenvalue weighted by molar-refractivity contribution is 0.429. The van der Waals surface area contributed by atoms with Crippen LogP contribution in [0.1, 0.15) is 59.3 Å². The lowest BCUT2D eigenvalue weighted by atomic mass is 9.98. The van der Waals surface area contributed by atoms with E-state index in [0.29, 0.717) is 0 Å². The Morgan fingerprint density at radius 3 is 2.00 bits per heavy atom. The largest absolute Gasteiger partial charge is 0.252 e. The molecule has 0 saturated heterocycles. The van der Waals surface area contributed by atoms with Crippen molar-refractivity contribution in [2.24, 2.45) is 0 Å². The molecule has 67 valence electrons. The van der Waals surface area contributed by atoms with Crippen LogP contribution >= 0.6 is 0 Å². The summed E-state index contributed by atoms with van der Waals surface area (Å²) in [7, 11) is 0. The molecule has 0 aliphatic carbocycles. The van der Waals surface area contributed by atoms with Crippen LogP contribution in [-0.2, 0) is 0 Å². The molecule has 0 aliphatic heterocycles. The van der Waals surface area contributed by atoms with E-state index in [9.17, 15) is 0 Å². The van der Waals surface area contributed by atoms with Crippen LogP contribution in [0.2, 0.25) is 0 Å². The first kappa shape index (κ1) is 11.0. The highest BCUT2D eigenvalue weighted by atomic mass is 14.7. The van der Waals surface area contributed by atoms with Gasteiger partial charge in [-0.25, -0.2) is 0 Å². The standard InChI is InChI=1S/C10H22N/c1-4-5-6-7-8-9-10(2,3)11/h11H,4-9H2,1-3H3. The first-order valence-electron chi connectivity index (χ1n) is 4.81. The molecular weight excluding hydrogens is 134 g/mol. The molecular formula is C10H22N. The van der Waals surface area contributed by atoms with Crippen molar-refractivity contribution in [3.05, 3.63) is 0 Å². The number of rotatable bonds is 6. The minimum atomic E-state index is -0.202. The van der Waals surface area contributed by atoms with Gasteiger partial charge >= 0.3 is 0 Å². The van der Waals surface area contributed by atoms with Crippen molar-refractivity contribution in [2.45, 2.75) is 64.8 Å². The number of hydrogen-bond acceptors (Lipinski definition) is 0. The first-order valence-corrected chi connectivity index (χ1v) is 4.81. The summed E-state index contributed by atoms with van der Waals surface area (Å²) in [5.74, 6) is 0. The average Bonchev–Trinajstić information content (AvgIpc) is 1.85. The zero-order valence-corrected chi connectivity index (χ0v) is 8.24. The second kappa shape index (κ2) is 5.59. The lowest BCUT2D eigenvalue weighted by Crippen LogP contribution is -2.20. The highest BCUT2D eigenvalue weighted by Gasteiger charge is 2.09. The molecule has 0 amide bonds. The predicted molar refractivity (Wildman–Crippen MR) is 50.6 cm³/mol. The Bertz CT molecular complexity index is 81.4. The van der Waals surface area contributed by atoms with Crippen LogP contribution in [0.3, 0.4) is 0 Å². The topological polar surface area (TPSA) is 23.8 Å². The minimum Gasteiger partial charge on any atom is -0.252 e. The van der Waals surface area contributed by atoms with E-state index in [1.165, 1.54) is 32.1 Å². The molecule has 0 unspecified atom stereocenters. The molecule has 1 nitrogen and oxygen atoms in total. The van der Waals surface area contributed by atoms with Gasteiger partial charge in [0.25, 0.3) is 0 Å². The van der Waals surface area contributed by atoms with Crippen LogP contribution in [0.25, 0.3) is 0 Å². The van der Waals surface area contributed by atoms with Crippen molar-refractivity contribution in [3.63, 3.8) is 0 Å². The van der Waals surface area contributed by atoms with E-state index < -0.39 is 0 Å². The van der Waals surface area contributed by atoms with Crippen molar-refractivity contribution >= 4 is 0 Å². The Morgan fingerprint density at radius 2 is 1.55 bits per heavy atom. The molecule has 11 heavy (non-hydrogen) atoms. The van der Waals surface area contributed by atoms with E-state index in [1.807, 2.05) is 13.8 Å². The monoisotopic (exact) mass is 156 g/mol. The Kier molecular flexibility index (Phi) is 5.57. The van der Waals surface area contributed by atoms with Gasteiger partial charge in [0.2, 0.25) is 0 Å². The zero-order valence-electron chi connectivity index (χ0n) is 8.24. The van der Waals surface area contributed by atoms with Gasteiger partial charge in [0, 0.05) is 5.54 Å². The van der Waals surface area contributed by atoms with Crippen LogP contribution in [0.4, 0.5) is 0 Å². The fourth-order valence-electron chi connectivity index (χ4n) is 1.17. The Labute approximate surface area is 71.4 Å². The first-order chi connectivity index (χ1) is 5.06. The molecule has 0 aliphatic rings. The molecule has 0 bridgehead atoms. The summed E-state index contributed by atoms with van der Waals surface area (Å²) in [6, 6.07) is 0. The van der Waals surface area contributed by atoms with Crippen molar-refractivity contribution in [2.75, 3.05) is 0 Å². The normalized spacial score (nSPS) is 12.0. The maximum atomic E-state index is 7.61. The zero-order chi connectivity index (χ0) is 8.74. The van der Waals surface area contributed by atoms with Crippen molar-refractivity contribution < 1.29 is 0 Å². The number of nitrogens with one attached hydrogen (secondary N) is 1.